The first-order valence-corrected chi connectivity index (χ1v) is 16.3. The minimum Gasteiger partial charge on any atom is -0.354 e. The lowest BCUT2D eigenvalue weighted by Crippen LogP contribution is -2.52. The number of amides is 2. The van der Waals surface area contributed by atoms with Crippen molar-refractivity contribution in [2.24, 2.45) is 0 Å². The molecule has 10 heteroatoms. The molecule has 0 aliphatic heterocycles. The number of nitrogens with zero attached hydrogens (tertiary/aromatic N) is 2. The van der Waals surface area contributed by atoms with E-state index in [-0.39, 0.29) is 17.3 Å². The first-order chi connectivity index (χ1) is 19.9. The van der Waals surface area contributed by atoms with Crippen molar-refractivity contribution in [3.05, 3.63) is 93.0 Å². The summed E-state index contributed by atoms with van der Waals surface area (Å²) in [6, 6.07) is 16.1. The Bertz CT molecular complexity index is 1510. The third-order valence-corrected chi connectivity index (χ3v) is 9.45. The van der Waals surface area contributed by atoms with Crippen molar-refractivity contribution in [3.63, 3.8) is 0 Å². The van der Waals surface area contributed by atoms with Crippen LogP contribution in [0, 0.1) is 20.8 Å². The number of carbonyl (C=O) groups excluding carboxylic acids is 2. The van der Waals surface area contributed by atoms with E-state index >= 15 is 0 Å². The highest BCUT2D eigenvalue weighted by Gasteiger charge is 2.34. The van der Waals surface area contributed by atoms with Crippen molar-refractivity contribution >= 4 is 50.7 Å². The van der Waals surface area contributed by atoms with Gasteiger partial charge in [0.15, 0.2) is 0 Å². The molecule has 0 aliphatic rings. The van der Waals surface area contributed by atoms with Crippen molar-refractivity contribution in [1.82, 2.24) is 10.2 Å². The molecule has 2 amide bonds. The third-order valence-electron chi connectivity index (χ3n) is 7.09. The van der Waals surface area contributed by atoms with Crippen LogP contribution in [0.2, 0.25) is 10.0 Å². The van der Waals surface area contributed by atoms with Gasteiger partial charge in [-0.05, 0) is 80.6 Å². The molecule has 0 radical (unpaired) electrons. The van der Waals surface area contributed by atoms with Crippen LogP contribution in [0.25, 0.3) is 0 Å². The highest BCUT2D eigenvalue weighted by molar-refractivity contribution is 7.92. The molecular weight excluding hydrogens is 593 g/mol. The molecule has 0 spiro atoms. The average molecular weight is 633 g/mol. The lowest BCUT2D eigenvalue weighted by Gasteiger charge is -2.34. The molecular formula is C32H39Cl2N3O4S. The van der Waals surface area contributed by atoms with Crippen LogP contribution in [0.15, 0.2) is 65.6 Å². The Kier molecular flexibility index (Phi) is 11.9. The summed E-state index contributed by atoms with van der Waals surface area (Å²) in [4.78, 5) is 29.1. The Morgan fingerprint density at radius 3 is 2.19 bits per heavy atom. The predicted molar refractivity (Wildman–Crippen MR) is 171 cm³/mol. The molecule has 226 valence electrons. The van der Waals surface area contributed by atoms with Crippen LogP contribution in [-0.2, 0) is 26.2 Å². The molecule has 1 N–H and O–H groups in total. The summed E-state index contributed by atoms with van der Waals surface area (Å²) in [5, 5.41) is 3.71. The highest BCUT2D eigenvalue weighted by Crippen LogP contribution is 2.29. The maximum Gasteiger partial charge on any atom is 0.264 e. The Hall–Kier alpha value is -3.07. The fourth-order valence-corrected chi connectivity index (χ4v) is 6.54. The van der Waals surface area contributed by atoms with Gasteiger partial charge in [-0.3, -0.25) is 13.9 Å². The number of unbranched alkanes of at least 4 members (excludes halogenated alkanes) is 1. The Morgan fingerprint density at radius 1 is 0.905 bits per heavy atom. The number of hydrogen-bond donors (Lipinski definition) is 1. The molecule has 0 fully saturated rings. The third kappa shape index (κ3) is 8.27. The van der Waals surface area contributed by atoms with E-state index in [2.05, 4.69) is 5.32 Å². The van der Waals surface area contributed by atoms with Crippen LogP contribution in [0.3, 0.4) is 0 Å². The van der Waals surface area contributed by atoms with Gasteiger partial charge in [-0.1, -0.05) is 79.4 Å². The number of benzene rings is 3. The maximum atomic E-state index is 14.2. The van der Waals surface area contributed by atoms with Gasteiger partial charge >= 0.3 is 0 Å². The normalized spacial score (nSPS) is 12.1. The first-order valence-electron chi connectivity index (χ1n) is 14.1. The van der Waals surface area contributed by atoms with E-state index in [1.54, 1.807) is 43.3 Å². The van der Waals surface area contributed by atoms with E-state index in [1.807, 2.05) is 39.8 Å². The molecule has 0 heterocycles. The van der Waals surface area contributed by atoms with Gasteiger partial charge in [0.25, 0.3) is 10.0 Å². The lowest BCUT2D eigenvalue weighted by atomic mass is 10.1. The van der Waals surface area contributed by atoms with Crippen LogP contribution in [0.5, 0.6) is 0 Å². The molecule has 1 atom stereocenters. The molecule has 3 rings (SSSR count). The molecule has 3 aromatic carbocycles. The van der Waals surface area contributed by atoms with Crippen LogP contribution in [0.4, 0.5) is 5.69 Å². The van der Waals surface area contributed by atoms with E-state index in [0.717, 1.165) is 28.3 Å². The van der Waals surface area contributed by atoms with E-state index < -0.39 is 28.5 Å². The van der Waals surface area contributed by atoms with Gasteiger partial charge in [0, 0.05) is 23.1 Å². The monoisotopic (exact) mass is 631 g/mol. The van der Waals surface area contributed by atoms with Crippen LogP contribution in [-0.4, -0.2) is 44.3 Å². The number of rotatable bonds is 13. The van der Waals surface area contributed by atoms with Crippen molar-refractivity contribution in [2.75, 3.05) is 17.4 Å². The van der Waals surface area contributed by atoms with Gasteiger partial charge in [-0.15, -0.1) is 0 Å². The zero-order valence-electron chi connectivity index (χ0n) is 24.8. The number of carbonyl (C=O) groups is 2. The molecule has 1 unspecified atom stereocenters. The Balaban J connectivity index is 2.10. The first kappa shape index (κ1) is 33.4. The zero-order valence-corrected chi connectivity index (χ0v) is 27.1. The summed E-state index contributed by atoms with van der Waals surface area (Å²) in [7, 11) is -4.15. The van der Waals surface area contributed by atoms with Crippen molar-refractivity contribution < 1.29 is 18.0 Å². The number of halogens is 2. The van der Waals surface area contributed by atoms with E-state index in [4.69, 9.17) is 23.2 Å². The smallest absolute Gasteiger partial charge is 0.264 e. The molecule has 0 saturated heterocycles. The van der Waals surface area contributed by atoms with Gasteiger partial charge in [0.05, 0.1) is 10.6 Å². The molecule has 0 aromatic heterocycles. The van der Waals surface area contributed by atoms with Gasteiger partial charge in [0.2, 0.25) is 11.8 Å². The van der Waals surface area contributed by atoms with Crippen molar-refractivity contribution in [1.29, 1.82) is 0 Å². The van der Waals surface area contributed by atoms with Crippen LogP contribution >= 0.6 is 23.2 Å². The second kappa shape index (κ2) is 14.9. The number of anilines is 1. The van der Waals surface area contributed by atoms with Gasteiger partial charge in [-0.2, -0.15) is 0 Å². The molecule has 42 heavy (non-hydrogen) atoms. The minimum atomic E-state index is -4.15. The molecule has 7 nitrogen and oxygen atoms in total. The van der Waals surface area contributed by atoms with Crippen molar-refractivity contribution in [2.45, 2.75) is 71.4 Å². The number of aryl methyl sites for hydroxylation is 3. The number of sulfonamides is 1. The SMILES string of the molecule is CCCCNC(=O)C(CC)N(Cc1ccc(Cl)cc1Cl)C(=O)CN(c1cc(C)ccc1C)S(=O)(=O)c1ccc(C)cc1. The van der Waals surface area contributed by atoms with E-state index in [9.17, 15) is 18.0 Å². The Labute approximate surface area is 259 Å². The fourth-order valence-electron chi connectivity index (χ4n) is 4.60. The van der Waals surface area contributed by atoms with Gasteiger partial charge < -0.3 is 10.2 Å². The lowest BCUT2D eigenvalue weighted by molar-refractivity contribution is -0.140. The van der Waals surface area contributed by atoms with Crippen molar-refractivity contribution in [3.8, 4) is 0 Å². The van der Waals surface area contributed by atoms with Gasteiger partial charge in [0.1, 0.15) is 12.6 Å². The fraction of sp³-hybridized carbons (Fsp3) is 0.375. The summed E-state index contributed by atoms with van der Waals surface area (Å²) in [5.41, 5.74) is 3.44. The summed E-state index contributed by atoms with van der Waals surface area (Å²) in [6.45, 7) is 9.36. The second-order valence-corrected chi connectivity index (χ2v) is 13.1. The summed E-state index contributed by atoms with van der Waals surface area (Å²) in [5.74, 6) is -0.834. The predicted octanol–water partition coefficient (Wildman–Crippen LogP) is 6.84. The zero-order chi connectivity index (χ0) is 31.0. The molecule has 0 saturated carbocycles. The highest BCUT2D eigenvalue weighted by atomic mass is 35.5. The number of hydrogen-bond acceptors (Lipinski definition) is 4. The van der Waals surface area contributed by atoms with E-state index in [1.165, 1.54) is 17.0 Å². The molecule has 3 aromatic rings. The average Bonchev–Trinajstić information content (AvgIpc) is 2.94. The molecule has 0 bridgehead atoms. The summed E-state index contributed by atoms with van der Waals surface area (Å²) < 4.78 is 29.3. The summed E-state index contributed by atoms with van der Waals surface area (Å²) in [6.07, 6.45) is 2.03. The minimum absolute atomic E-state index is 0.000239. The second-order valence-electron chi connectivity index (χ2n) is 10.4. The maximum absolute atomic E-state index is 14.2. The van der Waals surface area contributed by atoms with Crippen LogP contribution in [0.1, 0.15) is 55.4 Å². The summed E-state index contributed by atoms with van der Waals surface area (Å²) >= 11 is 12.6. The topological polar surface area (TPSA) is 86.8 Å². The standard InChI is InChI=1S/C32H39Cl2N3O4S/c1-6-8-17-35-32(39)29(7-2)36(20-25-13-14-26(33)19-28(25)34)31(38)21-37(30-18-23(4)9-12-24(30)5)42(40,41)27-15-10-22(3)11-16-27/h9-16,18-19,29H,6-8,17,20-21H2,1-5H3,(H,35,39). The largest absolute Gasteiger partial charge is 0.354 e. The molecule has 0 aliphatic carbocycles. The van der Waals surface area contributed by atoms with Gasteiger partial charge in [-0.25, -0.2) is 8.42 Å². The van der Waals surface area contributed by atoms with Crippen LogP contribution < -0.4 is 9.62 Å². The van der Waals surface area contributed by atoms with E-state index in [0.29, 0.717) is 39.8 Å². The number of nitrogens with one attached hydrogen (secondary N) is 1. The Morgan fingerprint density at radius 2 is 1.57 bits per heavy atom. The quantitative estimate of drug-likeness (QED) is 0.209.